The minimum Gasteiger partial charge on any atom is -0.409 e. The van der Waals surface area contributed by atoms with Gasteiger partial charge < -0.3 is 16.3 Å². The zero-order valence-electron chi connectivity index (χ0n) is 9.79. The number of hydrogen-bond acceptors (Lipinski definition) is 3. The highest BCUT2D eigenvalue weighted by Gasteiger charge is 2.43. The predicted molar refractivity (Wildman–Crippen MR) is 72.3 cm³/mol. The maximum absolute atomic E-state index is 13.5. The molecule has 4 N–H and O–H groups in total. The van der Waals surface area contributed by atoms with Crippen molar-refractivity contribution < 1.29 is 9.60 Å². The third kappa shape index (κ3) is 3.13. The largest absolute Gasteiger partial charge is 0.409 e. The monoisotopic (exact) mass is 315 g/mol. The fourth-order valence-electron chi connectivity index (χ4n) is 1.93. The van der Waals surface area contributed by atoms with Crippen LogP contribution >= 0.6 is 15.9 Å². The summed E-state index contributed by atoms with van der Waals surface area (Å²) < 4.78 is 14.3. The Morgan fingerprint density at radius 2 is 2.28 bits per heavy atom. The highest BCUT2D eigenvalue weighted by molar-refractivity contribution is 9.10. The van der Waals surface area contributed by atoms with E-state index in [0.29, 0.717) is 18.7 Å². The Hall–Kier alpha value is -1.30. The highest BCUT2D eigenvalue weighted by Crippen LogP contribution is 2.48. The highest BCUT2D eigenvalue weighted by atomic mass is 79.9. The second-order valence-electron chi connectivity index (χ2n) is 4.75. The molecule has 0 aromatic heterocycles. The molecule has 0 aliphatic heterocycles. The van der Waals surface area contributed by atoms with Gasteiger partial charge in [0.2, 0.25) is 0 Å². The van der Waals surface area contributed by atoms with Crippen molar-refractivity contribution in [2.75, 3.05) is 11.9 Å². The lowest BCUT2D eigenvalue weighted by atomic mass is 10.0. The average molecular weight is 316 g/mol. The van der Waals surface area contributed by atoms with Crippen molar-refractivity contribution in [1.29, 1.82) is 0 Å². The molecule has 98 valence electrons. The zero-order valence-corrected chi connectivity index (χ0v) is 11.4. The number of nitrogens with two attached hydrogens (primary N) is 1. The molecule has 0 unspecified atom stereocenters. The van der Waals surface area contributed by atoms with Crippen molar-refractivity contribution in [3.63, 3.8) is 0 Å². The van der Waals surface area contributed by atoms with Crippen LogP contribution in [0.5, 0.6) is 0 Å². The van der Waals surface area contributed by atoms with Gasteiger partial charge in [-0.05, 0) is 36.5 Å². The van der Waals surface area contributed by atoms with E-state index in [1.807, 2.05) is 0 Å². The van der Waals surface area contributed by atoms with Crippen molar-refractivity contribution in [2.45, 2.75) is 19.3 Å². The molecule has 4 nitrogen and oxygen atoms in total. The summed E-state index contributed by atoms with van der Waals surface area (Å²) in [6.45, 7) is 0.622. The first-order valence-corrected chi connectivity index (χ1v) is 6.49. The third-order valence-corrected chi connectivity index (χ3v) is 3.72. The number of halogens is 2. The van der Waals surface area contributed by atoms with Gasteiger partial charge >= 0.3 is 0 Å². The van der Waals surface area contributed by atoms with Gasteiger partial charge in [0, 0.05) is 17.4 Å². The maximum Gasteiger partial charge on any atom is 0.146 e. The van der Waals surface area contributed by atoms with Gasteiger partial charge in [-0.2, -0.15) is 0 Å². The Labute approximate surface area is 113 Å². The summed E-state index contributed by atoms with van der Waals surface area (Å²) in [7, 11) is 0. The Morgan fingerprint density at radius 3 is 2.89 bits per heavy atom. The number of anilines is 1. The lowest BCUT2D eigenvalue weighted by Gasteiger charge is -2.16. The molecule has 0 bridgehead atoms. The second kappa shape index (κ2) is 5.14. The lowest BCUT2D eigenvalue weighted by Crippen LogP contribution is -2.24. The topological polar surface area (TPSA) is 70.6 Å². The minimum atomic E-state index is -0.280. The van der Waals surface area contributed by atoms with Crippen LogP contribution in [0.15, 0.2) is 27.8 Å². The Balaban J connectivity index is 1.97. The van der Waals surface area contributed by atoms with Crippen molar-refractivity contribution in [3.05, 3.63) is 28.5 Å². The quantitative estimate of drug-likeness (QED) is 0.338. The molecule has 1 aliphatic rings. The molecule has 2 rings (SSSR count). The number of rotatable bonds is 5. The van der Waals surface area contributed by atoms with Crippen LogP contribution in [0.2, 0.25) is 0 Å². The van der Waals surface area contributed by atoms with Crippen molar-refractivity contribution in [2.24, 2.45) is 16.3 Å². The summed E-state index contributed by atoms with van der Waals surface area (Å²) in [6, 6.07) is 4.77. The molecule has 1 aromatic carbocycles. The normalized spacial score (nSPS) is 17.6. The maximum atomic E-state index is 13.5. The van der Waals surface area contributed by atoms with E-state index in [2.05, 4.69) is 26.4 Å². The number of nitrogens with one attached hydrogen (secondary N) is 1. The van der Waals surface area contributed by atoms with E-state index in [0.717, 1.165) is 17.3 Å². The Kier molecular flexibility index (Phi) is 3.75. The van der Waals surface area contributed by atoms with Crippen LogP contribution in [0.3, 0.4) is 0 Å². The molecular formula is C12H15BrFN3O. The van der Waals surface area contributed by atoms with Gasteiger partial charge in [0.05, 0.1) is 5.69 Å². The van der Waals surface area contributed by atoms with E-state index >= 15 is 0 Å². The van der Waals surface area contributed by atoms with Crippen molar-refractivity contribution >= 4 is 27.5 Å². The fourth-order valence-corrected chi connectivity index (χ4v) is 2.29. The summed E-state index contributed by atoms with van der Waals surface area (Å²) in [5, 5.41) is 14.6. The van der Waals surface area contributed by atoms with Crippen LogP contribution in [0, 0.1) is 11.2 Å². The van der Waals surface area contributed by atoms with Gasteiger partial charge in [-0.3, -0.25) is 0 Å². The van der Waals surface area contributed by atoms with Gasteiger partial charge in [-0.25, -0.2) is 4.39 Å². The third-order valence-electron chi connectivity index (χ3n) is 3.22. The van der Waals surface area contributed by atoms with Crippen molar-refractivity contribution in [3.8, 4) is 0 Å². The van der Waals surface area contributed by atoms with Gasteiger partial charge in [0.15, 0.2) is 0 Å². The van der Waals surface area contributed by atoms with Crippen LogP contribution in [-0.2, 0) is 0 Å². The van der Waals surface area contributed by atoms with E-state index in [-0.39, 0.29) is 17.1 Å². The predicted octanol–water partition coefficient (Wildman–Crippen LogP) is 2.92. The first-order chi connectivity index (χ1) is 8.54. The first kappa shape index (κ1) is 13.1. The van der Waals surface area contributed by atoms with Gasteiger partial charge in [0.25, 0.3) is 0 Å². The van der Waals surface area contributed by atoms with Crippen LogP contribution in [0.1, 0.15) is 19.3 Å². The van der Waals surface area contributed by atoms with Crippen LogP contribution in [-0.4, -0.2) is 17.6 Å². The summed E-state index contributed by atoms with van der Waals surface area (Å²) in [6.07, 6.45) is 2.55. The van der Waals surface area contributed by atoms with Crippen LogP contribution < -0.4 is 11.1 Å². The number of amidine groups is 1. The molecule has 18 heavy (non-hydrogen) atoms. The van der Waals surface area contributed by atoms with Crippen molar-refractivity contribution in [1.82, 2.24) is 0 Å². The number of benzene rings is 1. The summed E-state index contributed by atoms with van der Waals surface area (Å²) in [5.41, 5.74) is 5.99. The summed E-state index contributed by atoms with van der Waals surface area (Å²) in [5.74, 6) is -0.0539. The second-order valence-corrected chi connectivity index (χ2v) is 5.66. The molecule has 1 fully saturated rings. The van der Waals surface area contributed by atoms with Gasteiger partial charge in [0.1, 0.15) is 11.7 Å². The molecule has 0 heterocycles. The van der Waals surface area contributed by atoms with E-state index in [9.17, 15) is 4.39 Å². The Morgan fingerprint density at radius 1 is 1.56 bits per heavy atom. The molecule has 1 saturated carbocycles. The standard InChI is InChI=1S/C12H15BrFN3O/c13-8-1-2-9(14)10(5-8)16-7-12(3-4-12)6-11(15)17-18/h1-2,5,16,18H,3-4,6-7H2,(H2,15,17). The average Bonchev–Trinajstić information content (AvgIpc) is 3.10. The lowest BCUT2D eigenvalue weighted by molar-refractivity contribution is 0.315. The van der Waals surface area contributed by atoms with Gasteiger partial charge in [-0.15, -0.1) is 0 Å². The molecule has 1 aliphatic carbocycles. The van der Waals surface area contributed by atoms with E-state index in [4.69, 9.17) is 10.9 Å². The molecule has 0 spiro atoms. The van der Waals surface area contributed by atoms with Crippen LogP contribution in [0.4, 0.5) is 10.1 Å². The molecule has 0 amide bonds. The molecule has 6 heteroatoms. The zero-order chi connectivity index (χ0) is 13.2. The smallest absolute Gasteiger partial charge is 0.146 e. The summed E-state index contributed by atoms with van der Waals surface area (Å²) >= 11 is 3.31. The fraction of sp³-hybridized carbons (Fsp3) is 0.417. The minimum absolute atomic E-state index is 0.00503. The van der Waals surface area contributed by atoms with Gasteiger partial charge in [-0.1, -0.05) is 21.1 Å². The Bertz CT molecular complexity index is 474. The molecule has 0 radical (unpaired) electrons. The molecular weight excluding hydrogens is 301 g/mol. The SMILES string of the molecule is NC(CC1(CNc2cc(Br)ccc2F)CC1)=NO. The molecule has 0 saturated heterocycles. The molecule has 1 aromatic rings. The number of nitrogens with zero attached hydrogens (tertiary/aromatic N) is 1. The van der Waals surface area contributed by atoms with E-state index in [1.54, 1.807) is 12.1 Å². The van der Waals surface area contributed by atoms with E-state index < -0.39 is 0 Å². The van der Waals surface area contributed by atoms with E-state index in [1.165, 1.54) is 6.07 Å². The van der Waals surface area contributed by atoms with Crippen LogP contribution in [0.25, 0.3) is 0 Å². The molecule has 0 atom stereocenters. The first-order valence-electron chi connectivity index (χ1n) is 5.70. The summed E-state index contributed by atoms with van der Waals surface area (Å²) in [4.78, 5) is 0. The number of hydrogen-bond donors (Lipinski definition) is 3. The number of oxime groups is 1.